The Bertz CT molecular complexity index is 581. The Kier molecular flexibility index (Phi) is 3.64. The zero-order valence-electron chi connectivity index (χ0n) is 11.2. The standard InChI is InChI=1S/C12H16N6OS/c1-17-6-4-13-11(17)7-9-3-2-5-18(9)12(19)15-10-8-14-20-16-10/h4,6,8-9H,2-3,5,7H2,1H3,(H,15,16,19)/t9-/m1/s1. The van der Waals surface area contributed by atoms with Crippen molar-refractivity contribution in [3.8, 4) is 0 Å². The number of aromatic nitrogens is 4. The molecule has 0 spiro atoms. The summed E-state index contributed by atoms with van der Waals surface area (Å²) in [5, 5.41) is 2.78. The van der Waals surface area contributed by atoms with Crippen LogP contribution in [0.15, 0.2) is 18.6 Å². The lowest BCUT2D eigenvalue weighted by molar-refractivity contribution is 0.205. The monoisotopic (exact) mass is 292 g/mol. The number of carbonyl (C=O) groups is 1. The highest BCUT2D eigenvalue weighted by molar-refractivity contribution is 6.99. The maximum Gasteiger partial charge on any atom is 0.323 e. The third-order valence-electron chi connectivity index (χ3n) is 3.57. The number of rotatable bonds is 3. The highest BCUT2D eigenvalue weighted by Crippen LogP contribution is 2.21. The second kappa shape index (κ2) is 5.58. The van der Waals surface area contributed by atoms with Gasteiger partial charge in [0, 0.05) is 38.4 Å². The van der Waals surface area contributed by atoms with Crippen molar-refractivity contribution in [2.75, 3.05) is 11.9 Å². The molecule has 3 heterocycles. The number of amides is 2. The van der Waals surface area contributed by atoms with E-state index in [1.54, 1.807) is 12.4 Å². The quantitative estimate of drug-likeness (QED) is 0.930. The van der Waals surface area contributed by atoms with Crippen LogP contribution in [0.3, 0.4) is 0 Å². The van der Waals surface area contributed by atoms with Crippen LogP contribution < -0.4 is 5.32 Å². The van der Waals surface area contributed by atoms with Crippen LogP contribution in [0.1, 0.15) is 18.7 Å². The molecule has 1 aliphatic rings. The van der Waals surface area contributed by atoms with Crippen molar-refractivity contribution >= 4 is 23.6 Å². The molecule has 2 aromatic rings. The minimum Gasteiger partial charge on any atom is -0.338 e. The average molecular weight is 292 g/mol. The van der Waals surface area contributed by atoms with Crippen LogP contribution in [-0.4, -0.2) is 41.8 Å². The number of carbonyl (C=O) groups excluding carboxylic acids is 1. The molecule has 2 aromatic heterocycles. The van der Waals surface area contributed by atoms with E-state index in [1.165, 1.54) is 0 Å². The Morgan fingerprint density at radius 3 is 3.20 bits per heavy atom. The number of nitrogens with one attached hydrogen (secondary N) is 1. The molecule has 1 aliphatic heterocycles. The third-order valence-corrected chi connectivity index (χ3v) is 4.05. The van der Waals surface area contributed by atoms with Crippen molar-refractivity contribution < 1.29 is 4.79 Å². The molecule has 0 unspecified atom stereocenters. The summed E-state index contributed by atoms with van der Waals surface area (Å²) >= 11 is 1.08. The van der Waals surface area contributed by atoms with Crippen LogP contribution in [-0.2, 0) is 13.5 Å². The van der Waals surface area contributed by atoms with Gasteiger partial charge in [0.15, 0.2) is 5.82 Å². The number of likely N-dealkylation sites (tertiary alicyclic amines) is 1. The highest BCUT2D eigenvalue weighted by atomic mass is 32.1. The molecule has 0 aliphatic carbocycles. The summed E-state index contributed by atoms with van der Waals surface area (Å²) in [7, 11) is 1.97. The molecule has 0 bridgehead atoms. The summed E-state index contributed by atoms with van der Waals surface area (Å²) in [6, 6.07) is 0.0945. The topological polar surface area (TPSA) is 75.9 Å². The molecule has 3 rings (SSSR count). The lowest BCUT2D eigenvalue weighted by Crippen LogP contribution is -2.40. The fourth-order valence-electron chi connectivity index (χ4n) is 2.52. The predicted octanol–water partition coefficient (Wildman–Crippen LogP) is 1.51. The van der Waals surface area contributed by atoms with E-state index in [2.05, 4.69) is 19.0 Å². The number of urea groups is 1. The first kappa shape index (κ1) is 13.0. The molecule has 7 nitrogen and oxygen atoms in total. The molecule has 20 heavy (non-hydrogen) atoms. The summed E-state index contributed by atoms with van der Waals surface area (Å²) in [5.74, 6) is 1.52. The van der Waals surface area contributed by atoms with Gasteiger partial charge >= 0.3 is 6.03 Å². The minimum atomic E-state index is -0.102. The van der Waals surface area contributed by atoms with Crippen molar-refractivity contribution in [3.05, 3.63) is 24.4 Å². The molecule has 0 radical (unpaired) electrons. The van der Waals surface area contributed by atoms with Gasteiger partial charge in [0.2, 0.25) is 0 Å². The van der Waals surface area contributed by atoms with Gasteiger partial charge in [-0.05, 0) is 12.8 Å². The summed E-state index contributed by atoms with van der Waals surface area (Å²) < 4.78 is 9.87. The fourth-order valence-corrected chi connectivity index (χ4v) is 2.90. The van der Waals surface area contributed by atoms with Gasteiger partial charge in [0.1, 0.15) is 5.82 Å². The minimum absolute atomic E-state index is 0.102. The van der Waals surface area contributed by atoms with Gasteiger partial charge in [-0.1, -0.05) is 0 Å². The molecule has 106 valence electrons. The van der Waals surface area contributed by atoms with E-state index >= 15 is 0 Å². The molecule has 1 atom stereocenters. The summed E-state index contributed by atoms with van der Waals surface area (Å²) in [6.45, 7) is 0.776. The van der Waals surface area contributed by atoms with Gasteiger partial charge in [-0.2, -0.15) is 8.75 Å². The zero-order valence-corrected chi connectivity index (χ0v) is 12.0. The van der Waals surface area contributed by atoms with Crippen molar-refractivity contribution in [2.45, 2.75) is 25.3 Å². The van der Waals surface area contributed by atoms with Crippen molar-refractivity contribution in [3.63, 3.8) is 0 Å². The van der Waals surface area contributed by atoms with Gasteiger partial charge < -0.3 is 9.47 Å². The number of anilines is 1. The van der Waals surface area contributed by atoms with E-state index in [4.69, 9.17) is 0 Å². The average Bonchev–Trinajstić information content (AvgIpc) is 3.13. The highest BCUT2D eigenvalue weighted by Gasteiger charge is 2.30. The molecule has 1 fully saturated rings. The second-order valence-electron chi connectivity index (χ2n) is 4.87. The van der Waals surface area contributed by atoms with Gasteiger partial charge in [0.25, 0.3) is 0 Å². The van der Waals surface area contributed by atoms with Gasteiger partial charge in [-0.25, -0.2) is 9.78 Å². The van der Waals surface area contributed by atoms with Crippen LogP contribution >= 0.6 is 11.7 Å². The van der Waals surface area contributed by atoms with Crippen LogP contribution in [0.25, 0.3) is 0 Å². The van der Waals surface area contributed by atoms with Crippen molar-refractivity contribution in [1.29, 1.82) is 0 Å². The van der Waals surface area contributed by atoms with Crippen LogP contribution in [0.2, 0.25) is 0 Å². The van der Waals surface area contributed by atoms with Crippen LogP contribution in [0.5, 0.6) is 0 Å². The van der Waals surface area contributed by atoms with Gasteiger partial charge in [-0.15, -0.1) is 0 Å². The Morgan fingerprint density at radius 2 is 2.50 bits per heavy atom. The first-order chi connectivity index (χ1) is 9.74. The van der Waals surface area contributed by atoms with Gasteiger partial charge in [-0.3, -0.25) is 5.32 Å². The largest absolute Gasteiger partial charge is 0.338 e. The van der Waals surface area contributed by atoms with E-state index in [1.807, 2.05) is 22.7 Å². The summed E-state index contributed by atoms with van der Waals surface area (Å²) in [6.07, 6.45) is 8.09. The van der Waals surface area contributed by atoms with E-state index in [0.29, 0.717) is 5.82 Å². The smallest absolute Gasteiger partial charge is 0.323 e. The van der Waals surface area contributed by atoms with Crippen LogP contribution in [0, 0.1) is 0 Å². The number of hydrogen-bond acceptors (Lipinski definition) is 5. The Hall–Kier alpha value is -1.96. The first-order valence-electron chi connectivity index (χ1n) is 6.55. The Balaban J connectivity index is 1.66. The lowest BCUT2D eigenvalue weighted by atomic mass is 10.1. The molecule has 2 amide bonds. The normalized spacial score (nSPS) is 18.4. The van der Waals surface area contributed by atoms with E-state index < -0.39 is 0 Å². The molecular formula is C12H16N6OS. The molecule has 1 saturated heterocycles. The Labute approximate surface area is 121 Å². The van der Waals surface area contributed by atoms with Crippen molar-refractivity contribution in [1.82, 2.24) is 23.2 Å². The lowest BCUT2D eigenvalue weighted by Gasteiger charge is -2.24. The number of hydrogen-bond donors (Lipinski definition) is 1. The Morgan fingerprint density at radius 1 is 1.60 bits per heavy atom. The molecular weight excluding hydrogens is 276 g/mol. The molecule has 0 aromatic carbocycles. The molecule has 0 saturated carbocycles. The number of aryl methyl sites for hydroxylation is 1. The van der Waals surface area contributed by atoms with Crippen LogP contribution in [0.4, 0.5) is 10.6 Å². The SMILES string of the molecule is Cn1ccnc1C[C@H]1CCCN1C(=O)Nc1cnsn1. The maximum atomic E-state index is 12.3. The van der Waals surface area contributed by atoms with E-state index in [-0.39, 0.29) is 12.1 Å². The number of imidazole rings is 1. The zero-order chi connectivity index (χ0) is 13.9. The molecule has 8 heteroatoms. The summed E-state index contributed by atoms with van der Waals surface area (Å²) in [5.41, 5.74) is 0. The first-order valence-corrected chi connectivity index (χ1v) is 7.28. The summed E-state index contributed by atoms with van der Waals surface area (Å²) in [4.78, 5) is 18.5. The third kappa shape index (κ3) is 2.64. The second-order valence-corrected chi connectivity index (χ2v) is 5.43. The van der Waals surface area contributed by atoms with Gasteiger partial charge in [0.05, 0.1) is 17.9 Å². The van der Waals surface area contributed by atoms with E-state index in [0.717, 1.165) is 43.4 Å². The van der Waals surface area contributed by atoms with Crippen molar-refractivity contribution in [2.24, 2.45) is 7.05 Å². The predicted molar refractivity (Wildman–Crippen MR) is 75.6 cm³/mol. The number of nitrogens with zero attached hydrogens (tertiary/aromatic N) is 5. The maximum absolute atomic E-state index is 12.3. The molecule has 1 N–H and O–H groups in total. The fraction of sp³-hybridized carbons (Fsp3) is 0.500. The van der Waals surface area contributed by atoms with E-state index in [9.17, 15) is 4.79 Å².